The number of rotatable bonds is 7. The third-order valence-corrected chi connectivity index (χ3v) is 12.9. The van der Waals surface area contributed by atoms with Gasteiger partial charge in [0.25, 0.3) is 0 Å². The average molecular weight is 842 g/mol. The van der Waals surface area contributed by atoms with Crippen LogP contribution in [0.4, 0.5) is 0 Å². The van der Waals surface area contributed by atoms with Crippen molar-refractivity contribution in [1.82, 2.24) is 24.1 Å². The van der Waals surface area contributed by atoms with Gasteiger partial charge < -0.3 is 9.13 Å². The fraction of sp³-hybridized carbons (Fsp3) is 0. The van der Waals surface area contributed by atoms with E-state index < -0.39 is 0 Å². The van der Waals surface area contributed by atoms with Crippen LogP contribution in [0.5, 0.6) is 0 Å². The van der Waals surface area contributed by atoms with E-state index in [2.05, 4.69) is 240 Å². The maximum Gasteiger partial charge on any atom is 0.164 e. The molecule has 0 bridgehead atoms. The number of fused-ring (bicyclic) bond motifs is 7. The van der Waals surface area contributed by atoms with Crippen molar-refractivity contribution >= 4 is 54.4 Å². The van der Waals surface area contributed by atoms with Gasteiger partial charge in [-0.15, -0.1) is 0 Å². The van der Waals surface area contributed by atoms with Gasteiger partial charge in [0.15, 0.2) is 17.5 Å². The molecule has 0 aliphatic heterocycles. The van der Waals surface area contributed by atoms with Crippen LogP contribution in [-0.2, 0) is 0 Å². The molecule has 13 rings (SSSR count). The van der Waals surface area contributed by atoms with E-state index in [0.717, 1.165) is 71.9 Å². The number of hydrogen-bond donors (Lipinski definition) is 0. The third-order valence-electron chi connectivity index (χ3n) is 12.9. The van der Waals surface area contributed by atoms with Crippen molar-refractivity contribution in [3.63, 3.8) is 0 Å². The molecular formula is C61H39N5. The quantitative estimate of drug-likeness (QED) is 0.161. The van der Waals surface area contributed by atoms with Crippen molar-refractivity contribution in [3.05, 3.63) is 237 Å². The summed E-state index contributed by atoms with van der Waals surface area (Å²) in [5, 5.41) is 7.00. The number of hydrogen-bond acceptors (Lipinski definition) is 3. The predicted molar refractivity (Wildman–Crippen MR) is 273 cm³/mol. The molecule has 0 aliphatic rings. The zero-order valence-corrected chi connectivity index (χ0v) is 35.8. The van der Waals surface area contributed by atoms with Crippen molar-refractivity contribution in [3.8, 4) is 67.8 Å². The molecular weight excluding hydrogens is 803 g/mol. The number of nitrogens with zero attached hydrogens (tertiary/aromatic N) is 5. The molecule has 10 aromatic carbocycles. The largest absolute Gasteiger partial charge is 0.307 e. The first-order chi connectivity index (χ1) is 32.7. The minimum Gasteiger partial charge on any atom is -0.307 e. The van der Waals surface area contributed by atoms with Gasteiger partial charge in [-0.1, -0.05) is 182 Å². The lowest BCUT2D eigenvalue weighted by Crippen LogP contribution is -2.01. The van der Waals surface area contributed by atoms with E-state index >= 15 is 0 Å². The highest BCUT2D eigenvalue weighted by atomic mass is 15.1. The first-order valence-electron chi connectivity index (χ1n) is 22.3. The summed E-state index contributed by atoms with van der Waals surface area (Å²) in [5.74, 6) is 1.88. The summed E-state index contributed by atoms with van der Waals surface area (Å²) in [5.41, 5.74) is 14.2. The fourth-order valence-corrected chi connectivity index (χ4v) is 9.81. The molecule has 66 heavy (non-hydrogen) atoms. The molecule has 0 spiro atoms. The van der Waals surface area contributed by atoms with Crippen LogP contribution < -0.4 is 0 Å². The smallest absolute Gasteiger partial charge is 0.164 e. The Morgan fingerprint density at radius 2 is 0.742 bits per heavy atom. The molecule has 0 fully saturated rings. The molecule has 0 radical (unpaired) electrons. The highest BCUT2D eigenvalue weighted by Gasteiger charge is 2.21. The second-order valence-electron chi connectivity index (χ2n) is 16.8. The summed E-state index contributed by atoms with van der Waals surface area (Å²) in [7, 11) is 0. The van der Waals surface area contributed by atoms with Gasteiger partial charge in [0.05, 0.1) is 27.8 Å². The minimum absolute atomic E-state index is 0.620. The van der Waals surface area contributed by atoms with Crippen LogP contribution in [0.25, 0.3) is 122 Å². The Bertz CT molecular complexity index is 3980. The number of para-hydroxylation sites is 3. The first-order valence-corrected chi connectivity index (χ1v) is 22.3. The molecule has 13 aromatic rings. The van der Waals surface area contributed by atoms with Crippen molar-refractivity contribution < 1.29 is 0 Å². The van der Waals surface area contributed by atoms with Crippen molar-refractivity contribution in [2.24, 2.45) is 0 Å². The zero-order chi connectivity index (χ0) is 43.6. The van der Waals surface area contributed by atoms with Crippen LogP contribution in [-0.4, -0.2) is 24.1 Å². The minimum atomic E-state index is 0.620. The van der Waals surface area contributed by atoms with E-state index in [0.29, 0.717) is 17.5 Å². The molecule has 5 heteroatoms. The molecule has 0 saturated carbocycles. The Kier molecular flexibility index (Phi) is 8.78. The Morgan fingerprint density at radius 3 is 1.48 bits per heavy atom. The maximum absolute atomic E-state index is 5.23. The summed E-state index contributed by atoms with van der Waals surface area (Å²) < 4.78 is 4.87. The Labute approximate surface area is 381 Å². The molecule has 0 unspecified atom stereocenters. The summed E-state index contributed by atoms with van der Waals surface area (Å²) in [6.45, 7) is 0. The summed E-state index contributed by atoms with van der Waals surface area (Å²) >= 11 is 0. The summed E-state index contributed by atoms with van der Waals surface area (Å²) in [6, 6.07) is 84.1. The van der Waals surface area contributed by atoms with Crippen LogP contribution in [0.1, 0.15) is 0 Å². The topological polar surface area (TPSA) is 48.5 Å². The van der Waals surface area contributed by atoms with Gasteiger partial charge in [-0.05, 0) is 87.6 Å². The van der Waals surface area contributed by atoms with Gasteiger partial charge in [-0.3, -0.25) is 0 Å². The zero-order valence-electron chi connectivity index (χ0n) is 35.8. The SMILES string of the molecule is c1ccc(-c2ccc(-c3nc(-c4ccc5ccccc5c4)nc(-c4ccc5c(c4)c4ccccc4n5-c4cccc5c6ccccc6n(-c6cccc(-c7ccccc7)c6)c45)n3)cc2)cc1. The van der Waals surface area contributed by atoms with Crippen LogP contribution in [0.3, 0.4) is 0 Å². The highest BCUT2D eigenvalue weighted by Crippen LogP contribution is 2.41. The molecule has 5 nitrogen and oxygen atoms in total. The lowest BCUT2D eigenvalue weighted by atomic mass is 10.0. The van der Waals surface area contributed by atoms with Gasteiger partial charge in [-0.25, -0.2) is 15.0 Å². The Balaban J connectivity index is 1.00. The standard InChI is InChI=1S/C61H39N5/c1-3-15-40(16-4-1)43-29-32-44(33-30-43)59-62-60(47-34-31-42-19-7-8-20-45(42)37-47)64-61(63-59)48-35-36-56-53(39-48)51-24-10-12-27-55(51)66(56)57-28-14-25-52-50-23-9-11-26-54(50)65(58(52)57)49-22-13-21-46(38-49)41-17-5-2-6-18-41/h1-39H. The monoisotopic (exact) mass is 841 g/mol. The molecule has 0 amide bonds. The van der Waals surface area contributed by atoms with Crippen molar-refractivity contribution in [1.29, 1.82) is 0 Å². The van der Waals surface area contributed by atoms with E-state index in [9.17, 15) is 0 Å². The predicted octanol–water partition coefficient (Wildman–Crippen LogP) is 15.6. The molecule has 3 aromatic heterocycles. The number of benzene rings is 10. The second kappa shape index (κ2) is 15.4. The van der Waals surface area contributed by atoms with E-state index in [-0.39, 0.29) is 0 Å². The molecule has 0 saturated heterocycles. The number of aromatic nitrogens is 5. The van der Waals surface area contributed by atoms with Gasteiger partial charge in [0, 0.05) is 43.9 Å². The van der Waals surface area contributed by atoms with E-state index in [4.69, 9.17) is 15.0 Å². The van der Waals surface area contributed by atoms with Crippen molar-refractivity contribution in [2.75, 3.05) is 0 Å². The summed E-state index contributed by atoms with van der Waals surface area (Å²) in [6.07, 6.45) is 0. The first kappa shape index (κ1) is 37.6. The molecule has 0 atom stereocenters. The maximum atomic E-state index is 5.23. The lowest BCUT2D eigenvalue weighted by molar-refractivity contribution is 1.07. The lowest BCUT2D eigenvalue weighted by Gasteiger charge is -2.15. The molecule has 0 aliphatic carbocycles. The Morgan fingerprint density at radius 1 is 0.258 bits per heavy atom. The average Bonchev–Trinajstić information content (AvgIpc) is 3.92. The van der Waals surface area contributed by atoms with Gasteiger partial charge in [0.1, 0.15) is 0 Å². The fourth-order valence-electron chi connectivity index (χ4n) is 9.81. The van der Waals surface area contributed by atoms with Gasteiger partial charge in [-0.2, -0.15) is 0 Å². The normalized spacial score (nSPS) is 11.6. The van der Waals surface area contributed by atoms with Gasteiger partial charge >= 0.3 is 0 Å². The second-order valence-corrected chi connectivity index (χ2v) is 16.8. The molecule has 0 N–H and O–H groups in total. The van der Waals surface area contributed by atoms with Crippen LogP contribution in [0, 0.1) is 0 Å². The van der Waals surface area contributed by atoms with E-state index in [1.165, 1.54) is 32.8 Å². The summed E-state index contributed by atoms with van der Waals surface area (Å²) in [4.78, 5) is 15.6. The third kappa shape index (κ3) is 6.28. The van der Waals surface area contributed by atoms with E-state index in [1.807, 2.05) is 6.07 Å². The molecule has 3 heterocycles. The van der Waals surface area contributed by atoms with Crippen LogP contribution >= 0.6 is 0 Å². The van der Waals surface area contributed by atoms with Crippen LogP contribution in [0.2, 0.25) is 0 Å². The van der Waals surface area contributed by atoms with Gasteiger partial charge in [0.2, 0.25) is 0 Å². The molecule has 308 valence electrons. The van der Waals surface area contributed by atoms with Crippen molar-refractivity contribution in [2.45, 2.75) is 0 Å². The highest BCUT2D eigenvalue weighted by molar-refractivity contribution is 6.15. The van der Waals surface area contributed by atoms with Crippen LogP contribution in [0.15, 0.2) is 237 Å². The van der Waals surface area contributed by atoms with E-state index in [1.54, 1.807) is 0 Å². The Hall–Kier alpha value is -8.93.